The fraction of sp³-hybridized carbons (Fsp3) is 0.167. The molecule has 0 fully saturated rings. The quantitative estimate of drug-likeness (QED) is 0.740. The van der Waals surface area contributed by atoms with E-state index < -0.39 is 9.84 Å². The maximum absolute atomic E-state index is 14.0. The van der Waals surface area contributed by atoms with Crippen LogP contribution in [0.5, 0.6) is 0 Å². The van der Waals surface area contributed by atoms with Crippen molar-refractivity contribution in [2.45, 2.75) is 18.7 Å². The topological polar surface area (TPSA) is 63.2 Å². The summed E-state index contributed by atoms with van der Waals surface area (Å²) < 4.78 is 38.1. The highest BCUT2D eigenvalue weighted by atomic mass is 32.2. The highest BCUT2D eigenvalue weighted by Crippen LogP contribution is 2.33. The zero-order valence-electron chi connectivity index (χ0n) is 13.9. The van der Waals surface area contributed by atoms with Crippen molar-refractivity contribution in [1.82, 2.24) is 0 Å². The summed E-state index contributed by atoms with van der Waals surface area (Å²) in [6.07, 6.45) is 1.11. The zero-order chi connectivity index (χ0) is 18.4. The van der Waals surface area contributed by atoms with Crippen LogP contribution in [-0.4, -0.2) is 20.6 Å². The number of carbonyl (C=O) groups is 1. The van der Waals surface area contributed by atoms with E-state index in [1.807, 2.05) is 0 Å². The molecule has 1 aromatic heterocycles. The molecule has 3 aromatic rings. The van der Waals surface area contributed by atoms with Gasteiger partial charge in [-0.05, 0) is 49.2 Å². The monoisotopic (exact) mass is 377 g/mol. The van der Waals surface area contributed by atoms with Crippen LogP contribution in [0.2, 0.25) is 0 Å². The Hall–Kier alpha value is -2.25. The fourth-order valence-electron chi connectivity index (χ4n) is 2.62. The molecule has 0 spiro atoms. The smallest absolute Gasteiger partial charge is 0.266 e. The number of benzene rings is 2. The summed E-state index contributed by atoms with van der Waals surface area (Å²) in [6, 6.07) is 9.32. The van der Waals surface area contributed by atoms with Gasteiger partial charge in [0.1, 0.15) is 5.82 Å². The molecule has 0 aliphatic rings. The number of amides is 1. The van der Waals surface area contributed by atoms with Crippen LogP contribution in [-0.2, 0) is 9.84 Å². The van der Waals surface area contributed by atoms with Gasteiger partial charge in [-0.25, -0.2) is 12.8 Å². The number of hydrogen-bond acceptors (Lipinski definition) is 4. The van der Waals surface area contributed by atoms with Gasteiger partial charge in [0.15, 0.2) is 9.84 Å². The zero-order valence-corrected chi connectivity index (χ0v) is 15.5. The number of fused-ring (bicyclic) bond motifs is 1. The van der Waals surface area contributed by atoms with E-state index in [9.17, 15) is 17.6 Å². The van der Waals surface area contributed by atoms with Crippen LogP contribution in [0.3, 0.4) is 0 Å². The predicted molar refractivity (Wildman–Crippen MR) is 98.8 cm³/mol. The second kappa shape index (κ2) is 6.24. The van der Waals surface area contributed by atoms with Crippen molar-refractivity contribution < 1.29 is 17.6 Å². The van der Waals surface area contributed by atoms with Crippen LogP contribution in [0.4, 0.5) is 10.1 Å². The first-order valence-electron chi connectivity index (χ1n) is 7.48. The molecule has 1 amide bonds. The Labute approximate surface area is 149 Å². The van der Waals surface area contributed by atoms with Gasteiger partial charge in [-0.2, -0.15) is 0 Å². The maximum Gasteiger partial charge on any atom is 0.266 e. The molecular weight excluding hydrogens is 361 g/mol. The van der Waals surface area contributed by atoms with Gasteiger partial charge in [0.25, 0.3) is 5.91 Å². The Morgan fingerprint density at radius 3 is 2.52 bits per heavy atom. The molecule has 1 N–H and O–H groups in total. The van der Waals surface area contributed by atoms with Gasteiger partial charge in [0.2, 0.25) is 0 Å². The number of hydrogen-bond donors (Lipinski definition) is 1. The van der Waals surface area contributed by atoms with Crippen LogP contribution >= 0.6 is 11.3 Å². The molecule has 25 heavy (non-hydrogen) atoms. The number of anilines is 1. The van der Waals surface area contributed by atoms with Crippen LogP contribution in [0.15, 0.2) is 41.3 Å². The molecule has 0 saturated carbocycles. The first-order chi connectivity index (χ1) is 11.7. The van der Waals surface area contributed by atoms with E-state index in [2.05, 4.69) is 5.32 Å². The minimum absolute atomic E-state index is 0.132. The van der Waals surface area contributed by atoms with Crippen molar-refractivity contribution in [3.05, 3.63) is 58.2 Å². The molecule has 0 aliphatic carbocycles. The Morgan fingerprint density at radius 2 is 1.88 bits per heavy atom. The first kappa shape index (κ1) is 17.6. The van der Waals surface area contributed by atoms with E-state index in [4.69, 9.17) is 0 Å². The number of sulfone groups is 1. The number of rotatable bonds is 3. The van der Waals surface area contributed by atoms with Crippen molar-refractivity contribution in [2.75, 3.05) is 11.6 Å². The average molecular weight is 377 g/mol. The maximum atomic E-state index is 14.0. The summed E-state index contributed by atoms with van der Waals surface area (Å²) in [4.78, 5) is 13.2. The number of carbonyl (C=O) groups excluding carboxylic acids is 1. The van der Waals surface area contributed by atoms with Gasteiger partial charge in [-0.15, -0.1) is 11.3 Å². The van der Waals surface area contributed by atoms with Crippen LogP contribution in [0.1, 0.15) is 20.8 Å². The van der Waals surface area contributed by atoms with Gasteiger partial charge in [0.05, 0.1) is 9.77 Å². The Kier molecular flexibility index (Phi) is 4.38. The van der Waals surface area contributed by atoms with Crippen molar-refractivity contribution in [3.8, 4) is 0 Å². The van der Waals surface area contributed by atoms with E-state index in [0.29, 0.717) is 26.2 Å². The van der Waals surface area contributed by atoms with Gasteiger partial charge in [-0.3, -0.25) is 4.79 Å². The lowest BCUT2D eigenvalue weighted by Crippen LogP contribution is -2.13. The van der Waals surface area contributed by atoms with Crippen molar-refractivity contribution in [3.63, 3.8) is 0 Å². The normalized spacial score (nSPS) is 11.7. The Bertz CT molecular complexity index is 1100. The van der Waals surface area contributed by atoms with E-state index in [1.54, 1.807) is 32.0 Å². The molecule has 3 rings (SSSR count). The second-order valence-electron chi connectivity index (χ2n) is 5.87. The van der Waals surface area contributed by atoms with Crippen molar-refractivity contribution >= 4 is 42.9 Å². The number of nitrogens with one attached hydrogen (secondary N) is 1. The van der Waals surface area contributed by atoms with Crippen molar-refractivity contribution in [2.24, 2.45) is 0 Å². The molecular formula is C18H16FNO3S2. The molecule has 0 atom stereocenters. The summed E-state index contributed by atoms with van der Waals surface area (Å²) in [6.45, 7) is 3.48. The standard InChI is InChI=1S/C18H16FNO3S2/c1-10-7-8-12(25(3,22)23)9-14(10)20-18(21)17-11(2)16-13(19)5-4-6-15(16)24-17/h4-9H,1-3H3,(H,20,21). The minimum atomic E-state index is -3.38. The van der Waals surface area contributed by atoms with Gasteiger partial charge in [0, 0.05) is 22.0 Å². The summed E-state index contributed by atoms with van der Waals surface area (Å²) in [7, 11) is -3.38. The summed E-state index contributed by atoms with van der Waals surface area (Å²) in [5.74, 6) is -0.743. The molecule has 2 aromatic carbocycles. The first-order valence-corrected chi connectivity index (χ1v) is 10.2. The minimum Gasteiger partial charge on any atom is -0.321 e. The highest BCUT2D eigenvalue weighted by molar-refractivity contribution is 7.90. The predicted octanol–water partition coefficient (Wildman–Crippen LogP) is 4.31. The van der Waals surface area contributed by atoms with E-state index >= 15 is 0 Å². The lowest BCUT2D eigenvalue weighted by molar-refractivity contribution is 0.103. The average Bonchev–Trinajstić information content (AvgIpc) is 2.87. The summed E-state index contributed by atoms with van der Waals surface area (Å²) >= 11 is 1.21. The van der Waals surface area contributed by atoms with Crippen LogP contribution in [0, 0.1) is 19.7 Å². The van der Waals surface area contributed by atoms with Crippen LogP contribution in [0.25, 0.3) is 10.1 Å². The van der Waals surface area contributed by atoms with Gasteiger partial charge in [-0.1, -0.05) is 12.1 Å². The van der Waals surface area contributed by atoms with Crippen molar-refractivity contribution in [1.29, 1.82) is 0 Å². The third kappa shape index (κ3) is 3.29. The lowest BCUT2D eigenvalue weighted by Gasteiger charge is -2.10. The number of halogens is 1. The summed E-state index contributed by atoms with van der Waals surface area (Å²) in [5, 5.41) is 3.19. The molecule has 0 bridgehead atoms. The molecule has 0 aliphatic heterocycles. The van der Waals surface area contributed by atoms with Crippen LogP contribution < -0.4 is 5.32 Å². The lowest BCUT2D eigenvalue weighted by atomic mass is 10.1. The van der Waals surface area contributed by atoms with E-state index in [0.717, 1.165) is 11.8 Å². The molecule has 0 unspecified atom stereocenters. The molecule has 1 heterocycles. The highest BCUT2D eigenvalue weighted by Gasteiger charge is 2.19. The van der Waals surface area contributed by atoms with Gasteiger partial charge >= 0.3 is 0 Å². The third-order valence-corrected chi connectivity index (χ3v) is 6.36. The number of thiophene rings is 1. The molecule has 0 saturated heterocycles. The molecule has 0 radical (unpaired) electrons. The molecule has 130 valence electrons. The van der Waals surface area contributed by atoms with Gasteiger partial charge < -0.3 is 5.32 Å². The molecule has 7 heteroatoms. The fourth-order valence-corrected chi connectivity index (χ4v) is 4.38. The van der Waals surface area contributed by atoms with E-state index in [-0.39, 0.29) is 16.6 Å². The Morgan fingerprint density at radius 1 is 1.16 bits per heavy atom. The SMILES string of the molecule is Cc1ccc(S(C)(=O)=O)cc1NC(=O)c1sc2cccc(F)c2c1C. The summed E-state index contributed by atoms with van der Waals surface area (Å²) in [5.41, 5.74) is 1.74. The second-order valence-corrected chi connectivity index (χ2v) is 8.94. The molecule has 4 nitrogen and oxygen atoms in total. The number of aryl methyl sites for hydroxylation is 2. The largest absolute Gasteiger partial charge is 0.321 e. The third-order valence-electron chi connectivity index (χ3n) is 3.99. The Balaban J connectivity index is 2.01. The van der Waals surface area contributed by atoms with E-state index in [1.165, 1.54) is 29.5 Å².